The van der Waals surface area contributed by atoms with Crippen molar-refractivity contribution in [1.82, 2.24) is 4.98 Å². The van der Waals surface area contributed by atoms with Gasteiger partial charge in [-0.25, -0.2) is 4.98 Å². The molecule has 28 heavy (non-hydrogen) atoms. The van der Waals surface area contributed by atoms with Crippen molar-refractivity contribution >= 4 is 34.7 Å². The van der Waals surface area contributed by atoms with E-state index >= 15 is 0 Å². The quantitative estimate of drug-likeness (QED) is 0.604. The lowest BCUT2D eigenvalue weighted by Crippen LogP contribution is -2.15. The summed E-state index contributed by atoms with van der Waals surface area (Å²) in [6.07, 6.45) is 1.61. The number of methoxy groups -OCH3 is 1. The SMILES string of the molecule is COc1ccccc1Nc1ncccc1C(=O)Nc1ccc(NC(C)=O)cc1. The number of carbonyl (C=O) groups excluding carboxylic acids is 2. The van der Waals surface area contributed by atoms with E-state index in [0.717, 1.165) is 0 Å². The Morgan fingerprint density at radius 3 is 2.25 bits per heavy atom. The van der Waals surface area contributed by atoms with Gasteiger partial charge >= 0.3 is 0 Å². The first-order valence-electron chi connectivity index (χ1n) is 8.61. The topological polar surface area (TPSA) is 92.3 Å². The third kappa shape index (κ3) is 4.64. The number of rotatable bonds is 6. The Balaban J connectivity index is 1.78. The lowest BCUT2D eigenvalue weighted by atomic mass is 10.2. The molecular weight excluding hydrogens is 356 g/mol. The van der Waals surface area contributed by atoms with E-state index < -0.39 is 0 Å². The van der Waals surface area contributed by atoms with Gasteiger partial charge in [0.05, 0.1) is 18.4 Å². The molecule has 0 unspecified atom stereocenters. The summed E-state index contributed by atoms with van der Waals surface area (Å²) in [6.45, 7) is 1.44. The van der Waals surface area contributed by atoms with Gasteiger partial charge in [-0.1, -0.05) is 12.1 Å². The van der Waals surface area contributed by atoms with E-state index in [9.17, 15) is 9.59 Å². The number of hydrogen-bond acceptors (Lipinski definition) is 5. The van der Waals surface area contributed by atoms with Crippen molar-refractivity contribution in [2.75, 3.05) is 23.1 Å². The third-order valence-corrected chi connectivity index (χ3v) is 3.88. The molecule has 142 valence electrons. The summed E-state index contributed by atoms with van der Waals surface area (Å²) in [6, 6.07) is 17.6. The molecule has 3 rings (SSSR count). The van der Waals surface area contributed by atoms with E-state index in [1.807, 2.05) is 24.3 Å². The predicted molar refractivity (Wildman–Crippen MR) is 109 cm³/mol. The van der Waals surface area contributed by atoms with Crippen molar-refractivity contribution in [2.45, 2.75) is 6.92 Å². The van der Waals surface area contributed by atoms with Crippen LogP contribution < -0.4 is 20.7 Å². The summed E-state index contributed by atoms with van der Waals surface area (Å²) in [4.78, 5) is 28.1. The Hall–Kier alpha value is -3.87. The molecule has 0 aliphatic carbocycles. The number of pyridine rings is 1. The highest BCUT2D eigenvalue weighted by Gasteiger charge is 2.14. The number of nitrogens with one attached hydrogen (secondary N) is 3. The number of anilines is 4. The highest BCUT2D eigenvalue weighted by Crippen LogP contribution is 2.28. The molecule has 2 amide bonds. The van der Waals surface area contributed by atoms with Crippen molar-refractivity contribution in [2.24, 2.45) is 0 Å². The average Bonchev–Trinajstić information content (AvgIpc) is 2.70. The van der Waals surface area contributed by atoms with Crippen LogP contribution in [0.4, 0.5) is 22.9 Å². The minimum atomic E-state index is -0.308. The Labute approximate surface area is 162 Å². The van der Waals surface area contributed by atoms with Crippen LogP contribution in [0.5, 0.6) is 5.75 Å². The summed E-state index contributed by atoms with van der Waals surface area (Å²) < 4.78 is 5.33. The first-order valence-corrected chi connectivity index (χ1v) is 8.61. The highest BCUT2D eigenvalue weighted by atomic mass is 16.5. The molecule has 7 heteroatoms. The minimum absolute atomic E-state index is 0.154. The fourth-order valence-corrected chi connectivity index (χ4v) is 2.60. The van der Waals surface area contributed by atoms with Gasteiger partial charge in [0, 0.05) is 24.5 Å². The standard InChI is InChI=1S/C21H20N4O3/c1-14(26)23-15-9-11-16(12-10-15)24-21(27)17-6-5-13-22-20(17)25-18-7-3-4-8-19(18)28-2/h3-13H,1-2H3,(H,22,25)(H,23,26)(H,24,27). The summed E-state index contributed by atoms with van der Waals surface area (Å²) in [5.74, 6) is 0.601. The van der Waals surface area contributed by atoms with Crippen LogP contribution in [0.15, 0.2) is 66.9 Å². The van der Waals surface area contributed by atoms with E-state index in [1.165, 1.54) is 6.92 Å². The van der Waals surface area contributed by atoms with Gasteiger partial charge < -0.3 is 20.7 Å². The van der Waals surface area contributed by atoms with E-state index in [4.69, 9.17) is 4.74 Å². The second-order valence-corrected chi connectivity index (χ2v) is 5.94. The molecule has 0 atom stereocenters. The first kappa shape index (κ1) is 18.9. The zero-order valence-corrected chi connectivity index (χ0v) is 15.5. The Kier molecular flexibility index (Phi) is 5.86. The summed E-state index contributed by atoms with van der Waals surface area (Å²) in [5.41, 5.74) is 2.35. The molecule has 0 saturated heterocycles. The summed E-state index contributed by atoms with van der Waals surface area (Å²) in [7, 11) is 1.58. The van der Waals surface area contributed by atoms with E-state index in [2.05, 4.69) is 20.9 Å². The van der Waals surface area contributed by atoms with Crippen LogP contribution in [0.25, 0.3) is 0 Å². The molecule has 0 fully saturated rings. The lowest BCUT2D eigenvalue weighted by Gasteiger charge is -2.13. The maximum Gasteiger partial charge on any atom is 0.259 e. The molecule has 0 spiro atoms. The van der Waals surface area contributed by atoms with Crippen LogP contribution in [0.2, 0.25) is 0 Å². The van der Waals surface area contributed by atoms with Crippen LogP contribution in [0, 0.1) is 0 Å². The number of amides is 2. The van der Waals surface area contributed by atoms with Crippen LogP contribution >= 0.6 is 0 Å². The Morgan fingerprint density at radius 1 is 0.893 bits per heavy atom. The third-order valence-electron chi connectivity index (χ3n) is 3.88. The maximum atomic E-state index is 12.8. The fraction of sp³-hybridized carbons (Fsp3) is 0.0952. The van der Waals surface area contributed by atoms with Crippen LogP contribution in [0.1, 0.15) is 17.3 Å². The molecule has 0 radical (unpaired) electrons. The number of ether oxygens (including phenoxy) is 1. The molecule has 0 bridgehead atoms. The normalized spacial score (nSPS) is 10.1. The molecule has 3 aromatic rings. The molecule has 1 heterocycles. The fourth-order valence-electron chi connectivity index (χ4n) is 2.60. The van der Waals surface area contributed by atoms with Gasteiger partial charge in [0.15, 0.2) is 0 Å². The Bertz CT molecular complexity index is 987. The Morgan fingerprint density at radius 2 is 1.57 bits per heavy atom. The lowest BCUT2D eigenvalue weighted by molar-refractivity contribution is -0.114. The highest BCUT2D eigenvalue weighted by molar-refractivity contribution is 6.08. The molecule has 0 aliphatic rings. The number of aromatic nitrogens is 1. The van der Waals surface area contributed by atoms with Gasteiger partial charge in [-0.2, -0.15) is 0 Å². The van der Waals surface area contributed by atoms with E-state index in [-0.39, 0.29) is 11.8 Å². The minimum Gasteiger partial charge on any atom is -0.495 e. The summed E-state index contributed by atoms with van der Waals surface area (Å²) in [5, 5.41) is 8.66. The van der Waals surface area contributed by atoms with Gasteiger partial charge in [0.2, 0.25) is 5.91 Å². The number of hydrogen-bond donors (Lipinski definition) is 3. The molecule has 0 aliphatic heterocycles. The van der Waals surface area contributed by atoms with Crippen molar-refractivity contribution in [3.63, 3.8) is 0 Å². The second kappa shape index (κ2) is 8.68. The van der Waals surface area contributed by atoms with Crippen LogP contribution in [-0.4, -0.2) is 23.9 Å². The predicted octanol–water partition coefficient (Wildman–Crippen LogP) is 4.04. The number of nitrogens with zero attached hydrogens (tertiary/aromatic N) is 1. The van der Waals surface area contributed by atoms with Crippen molar-refractivity contribution in [3.05, 3.63) is 72.4 Å². The molecule has 7 nitrogen and oxygen atoms in total. The largest absolute Gasteiger partial charge is 0.495 e. The van der Waals surface area contributed by atoms with Gasteiger partial charge in [0.1, 0.15) is 11.6 Å². The van der Waals surface area contributed by atoms with Gasteiger partial charge in [-0.3, -0.25) is 9.59 Å². The van der Waals surface area contributed by atoms with E-state index in [0.29, 0.717) is 34.2 Å². The molecule has 1 aromatic heterocycles. The smallest absolute Gasteiger partial charge is 0.259 e. The number of benzene rings is 2. The zero-order chi connectivity index (χ0) is 19.9. The van der Waals surface area contributed by atoms with Gasteiger partial charge in [-0.15, -0.1) is 0 Å². The number of para-hydroxylation sites is 2. The van der Waals surface area contributed by atoms with Crippen LogP contribution in [0.3, 0.4) is 0 Å². The number of carbonyl (C=O) groups is 2. The van der Waals surface area contributed by atoms with Gasteiger partial charge in [-0.05, 0) is 48.5 Å². The molecular formula is C21H20N4O3. The van der Waals surface area contributed by atoms with E-state index in [1.54, 1.807) is 49.7 Å². The summed E-state index contributed by atoms with van der Waals surface area (Å²) >= 11 is 0. The first-order chi connectivity index (χ1) is 13.6. The molecule has 0 saturated carbocycles. The second-order valence-electron chi connectivity index (χ2n) is 5.94. The van der Waals surface area contributed by atoms with Gasteiger partial charge in [0.25, 0.3) is 5.91 Å². The van der Waals surface area contributed by atoms with Crippen molar-refractivity contribution in [1.29, 1.82) is 0 Å². The van der Waals surface area contributed by atoms with Crippen molar-refractivity contribution < 1.29 is 14.3 Å². The van der Waals surface area contributed by atoms with Crippen LogP contribution in [-0.2, 0) is 4.79 Å². The average molecular weight is 376 g/mol. The molecule has 3 N–H and O–H groups in total. The zero-order valence-electron chi connectivity index (χ0n) is 15.5. The molecule has 2 aromatic carbocycles. The monoisotopic (exact) mass is 376 g/mol. The maximum absolute atomic E-state index is 12.8. The van der Waals surface area contributed by atoms with Crippen molar-refractivity contribution in [3.8, 4) is 5.75 Å².